The maximum Gasteiger partial charge on any atom is 0.322 e. The highest BCUT2D eigenvalue weighted by Gasteiger charge is 2.38. The van der Waals surface area contributed by atoms with Crippen LogP contribution in [0, 0.1) is 6.92 Å². The molecule has 7 nitrogen and oxygen atoms in total. The van der Waals surface area contributed by atoms with Gasteiger partial charge in [0.2, 0.25) is 5.89 Å². The summed E-state index contributed by atoms with van der Waals surface area (Å²) in [5.74, 6) is 0.866. The number of aliphatic hydroxyl groups is 1. The Bertz CT molecular complexity index is 890. The minimum absolute atomic E-state index is 0.236. The van der Waals surface area contributed by atoms with Crippen LogP contribution in [0.1, 0.15) is 24.2 Å². The van der Waals surface area contributed by atoms with Gasteiger partial charge in [-0.25, -0.2) is 4.79 Å². The molecule has 8 heteroatoms. The van der Waals surface area contributed by atoms with Crippen LogP contribution in [0.2, 0.25) is 0 Å². The predicted molar refractivity (Wildman–Crippen MR) is 89.9 cm³/mol. The van der Waals surface area contributed by atoms with Gasteiger partial charge >= 0.3 is 6.03 Å². The fourth-order valence-corrected chi connectivity index (χ4v) is 3.88. The summed E-state index contributed by atoms with van der Waals surface area (Å²) < 4.78 is 6.30. The van der Waals surface area contributed by atoms with Crippen LogP contribution in [0.15, 0.2) is 34.2 Å². The third-order valence-corrected chi connectivity index (χ3v) is 5.05. The van der Waals surface area contributed by atoms with Gasteiger partial charge in [0.1, 0.15) is 6.04 Å². The van der Waals surface area contributed by atoms with E-state index < -0.39 is 12.1 Å². The highest BCUT2D eigenvalue weighted by Crippen LogP contribution is 2.34. The Morgan fingerprint density at radius 1 is 1.46 bits per heavy atom. The summed E-state index contributed by atoms with van der Waals surface area (Å²) in [5.41, 5.74) is 0.766. The van der Waals surface area contributed by atoms with E-state index in [1.165, 1.54) is 0 Å². The van der Waals surface area contributed by atoms with Gasteiger partial charge in [-0.2, -0.15) is 4.98 Å². The average molecular weight is 344 g/mol. The van der Waals surface area contributed by atoms with Crippen molar-refractivity contribution in [3.63, 3.8) is 0 Å². The molecule has 1 fully saturated rings. The number of hydrogen-bond acceptors (Lipinski definition) is 6. The lowest BCUT2D eigenvalue weighted by molar-refractivity contribution is 0.174. The topological polar surface area (TPSA) is 91.5 Å². The minimum atomic E-state index is -0.604. The quantitative estimate of drug-likeness (QED) is 0.746. The molecule has 2 aromatic heterocycles. The number of likely N-dealkylation sites (tertiary alicyclic amines) is 1. The number of nitrogens with zero attached hydrogens (tertiary/aromatic N) is 3. The molecule has 2 N–H and O–H groups in total. The molecule has 3 aromatic rings. The van der Waals surface area contributed by atoms with Crippen LogP contribution in [0.5, 0.6) is 0 Å². The third-order valence-electron chi connectivity index (χ3n) is 4.09. The Hall–Kier alpha value is -2.45. The van der Waals surface area contributed by atoms with E-state index in [-0.39, 0.29) is 12.6 Å². The number of thiophene rings is 1. The van der Waals surface area contributed by atoms with Crippen LogP contribution in [-0.4, -0.2) is 38.8 Å². The summed E-state index contributed by atoms with van der Waals surface area (Å²) in [5, 5.41) is 19.6. The van der Waals surface area contributed by atoms with E-state index in [0.29, 0.717) is 18.1 Å². The Kier molecular flexibility index (Phi) is 3.70. The largest absolute Gasteiger partial charge is 0.391 e. The third kappa shape index (κ3) is 2.63. The first kappa shape index (κ1) is 15.1. The number of aryl methyl sites for hydroxylation is 1. The lowest BCUT2D eigenvalue weighted by atomic mass is 10.2. The van der Waals surface area contributed by atoms with Crippen molar-refractivity contribution in [2.24, 2.45) is 0 Å². The van der Waals surface area contributed by atoms with Gasteiger partial charge in [0.25, 0.3) is 0 Å². The van der Waals surface area contributed by atoms with Crippen molar-refractivity contribution >= 4 is 33.1 Å². The number of aliphatic hydroxyl groups excluding tert-OH is 1. The molecule has 1 saturated heterocycles. The fraction of sp³-hybridized carbons (Fsp3) is 0.312. The lowest BCUT2D eigenvalue weighted by Gasteiger charge is -2.21. The summed E-state index contributed by atoms with van der Waals surface area (Å²) in [6.45, 7) is 1.96. The maximum absolute atomic E-state index is 12.7. The zero-order valence-corrected chi connectivity index (χ0v) is 13.8. The van der Waals surface area contributed by atoms with E-state index in [9.17, 15) is 9.90 Å². The standard InChI is InChI=1S/C16H16N4O3S/c1-9-17-15(23-19-9)13-6-10(21)7-20(13)16(22)18-12-8-24-14-5-3-2-4-11(12)14/h2-5,8,10,13,21H,6-7H2,1H3,(H,18,22)/t10-,13+/m0/s1. The van der Waals surface area contributed by atoms with Crippen LogP contribution in [0.3, 0.4) is 0 Å². The van der Waals surface area contributed by atoms with Gasteiger partial charge in [-0.3, -0.25) is 0 Å². The first-order valence-electron chi connectivity index (χ1n) is 7.64. The number of hydrogen-bond donors (Lipinski definition) is 2. The van der Waals surface area contributed by atoms with Crippen LogP contribution in [-0.2, 0) is 0 Å². The van der Waals surface area contributed by atoms with Gasteiger partial charge in [-0.1, -0.05) is 23.4 Å². The molecule has 1 aliphatic rings. The van der Waals surface area contributed by atoms with Crippen LogP contribution in [0.4, 0.5) is 10.5 Å². The Morgan fingerprint density at radius 2 is 2.29 bits per heavy atom. The summed E-state index contributed by atoms with van der Waals surface area (Å²) in [6.07, 6.45) is -0.216. The lowest BCUT2D eigenvalue weighted by Crippen LogP contribution is -2.35. The number of urea groups is 1. The molecule has 0 radical (unpaired) electrons. The number of rotatable bonds is 2. The first-order valence-corrected chi connectivity index (χ1v) is 8.52. The van der Waals surface area contributed by atoms with E-state index in [1.54, 1.807) is 23.2 Å². The maximum atomic E-state index is 12.7. The zero-order valence-electron chi connectivity index (χ0n) is 13.0. The molecule has 24 heavy (non-hydrogen) atoms. The number of aromatic nitrogens is 2. The molecule has 1 aromatic carbocycles. The van der Waals surface area contributed by atoms with Gasteiger partial charge in [0, 0.05) is 28.4 Å². The van der Waals surface area contributed by atoms with E-state index in [0.717, 1.165) is 15.8 Å². The van der Waals surface area contributed by atoms with Crippen LogP contribution < -0.4 is 5.32 Å². The van der Waals surface area contributed by atoms with Crippen molar-refractivity contribution in [1.29, 1.82) is 0 Å². The number of anilines is 1. The second-order valence-electron chi connectivity index (χ2n) is 5.81. The molecular formula is C16H16N4O3S. The molecule has 0 unspecified atom stereocenters. The smallest absolute Gasteiger partial charge is 0.322 e. The van der Waals surface area contributed by atoms with Crippen molar-refractivity contribution in [2.75, 3.05) is 11.9 Å². The van der Waals surface area contributed by atoms with Gasteiger partial charge in [0.15, 0.2) is 5.82 Å². The molecule has 0 spiro atoms. The summed E-state index contributed by atoms with van der Waals surface area (Å²) in [6, 6.07) is 7.20. The number of benzene rings is 1. The number of fused-ring (bicyclic) bond motifs is 1. The molecule has 0 saturated carbocycles. The Morgan fingerprint density at radius 3 is 3.08 bits per heavy atom. The van der Waals surface area contributed by atoms with Crippen LogP contribution in [0.25, 0.3) is 10.1 Å². The highest BCUT2D eigenvalue weighted by molar-refractivity contribution is 7.17. The van der Waals surface area contributed by atoms with E-state index in [1.807, 2.05) is 29.6 Å². The summed E-state index contributed by atoms with van der Waals surface area (Å²) in [4.78, 5) is 18.5. The fourth-order valence-electron chi connectivity index (χ4n) is 2.98. The van der Waals surface area contributed by atoms with Crippen molar-refractivity contribution in [3.05, 3.63) is 41.4 Å². The van der Waals surface area contributed by atoms with E-state index in [4.69, 9.17) is 4.52 Å². The van der Waals surface area contributed by atoms with Crippen LogP contribution >= 0.6 is 11.3 Å². The molecule has 4 rings (SSSR count). The molecular weight excluding hydrogens is 328 g/mol. The van der Waals surface area contributed by atoms with Crippen molar-refractivity contribution in [1.82, 2.24) is 15.0 Å². The zero-order chi connectivity index (χ0) is 16.7. The molecule has 3 heterocycles. The number of carbonyl (C=O) groups is 1. The van der Waals surface area contributed by atoms with Gasteiger partial charge in [0.05, 0.1) is 11.8 Å². The minimum Gasteiger partial charge on any atom is -0.391 e. The Balaban J connectivity index is 1.58. The van der Waals surface area contributed by atoms with E-state index in [2.05, 4.69) is 15.5 Å². The average Bonchev–Trinajstić information content (AvgIpc) is 3.26. The molecule has 2 atom stereocenters. The van der Waals surface area contributed by atoms with Gasteiger partial charge in [-0.05, 0) is 13.0 Å². The number of β-amino-alcohol motifs (C(OH)–C–C–N with tert-alkyl or cyclic N) is 1. The first-order chi connectivity index (χ1) is 11.6. The number of carbonyl (C=O) groups excluding carboxylic acids is 1. The number of amides is 2. The van der Waals surface area contributed by atoms with Gasteiger partial charge < -0.3 is 19.8 Å². The van der Waals surface area contributed by atoms with Crippen molar-refractivity contribution < 1.29 is 14.4 Å². The molecule has 2 amide bonds. The molecule has 0 bridgehead atoms. The second-order valence-corrected chi connectivity index (χ2v) is 6.72. The number of nitrogens with one attached hydrogen (secondary N) is 1. The molecule has 1 aliphatic heterocycles. The second kappa shape index (κ2) is 5.88. The molecule has 0 aliphatic carbocycles. The van der Waals surface area contributed by atoms with E-state index >= 15 is 0 Å². The molecule has 124 valence electrons. The SMILES string of the molecule is Cc1noc([C@H]2C[C@H](O)CN2C(=O)Nc2csc3ccccc23)n1. The van der Waals surface area contributed by atoms with Gasteiger partial charge in [-0.15, -0.1) is 11.3 Å². The summed E-state index contributed by atoms with van der Waals surface area (Å²) in [7, 11) is 0. The monoisotopic (exact) mass is 344 g/mol. The van der Waals surface area contributed by atoms with Crippen molar-refractivity contribution in [3.8, 4) is 0 Å². The predicted octanol–water partition coefficient (Wildman–Crippen LogP) is 2.93. The Labute approximate surface area is 141 Å². The van der Waals surface area contributed by atoms with Crippen molar-refractivity contribution in [2.45, 2.75) is 25.5 Å². The highest BCUT2D eigenvalue weighted by atomic mass is 32.1. The summed E-state index contributed by atoms with van der Waals surface area (Å²) >= 11 is 1.58. The normalized spacial score (nSPS) is 20.7.